The molecule has 10 heteroatoms. The molecule has 29 heavy (non-hydrogen) atoms. The second-order valence-corrected chi connectivity index (χ2v) is 7.52. The van der Waals surface area contributed by atoms with Gasteiger partial charge in [0.2, 0.25) is 0 Å². The van der Waals surface area contributed by atoms with Crippen LogP contribution in [0.1, 0.15) is 55.7 Å². The second-order valence-electron chi connectivity index (χ2n) is 7.52. The van der Waals surface area contributed by atoms with Gasteiger partial charge in [-0.15, -0.1) is 12.4 Å². The van der Waals surface area contributed by atoms with Gasteiger partial charge in [-0.2, -0.15) is 13.2 Å². The number of nitro groups is 1. The van der Waals surface area contributed by atoms with Gasteiger partial charge in [-0.3, -0.25) is 19.8 Å². The molecule has 1 aliphatic heterocycles. The van der Waals surface area contributed by atoms with E-state index in [1.54, 1.807) is 0 Å². The zero-order valence-corrected chi connectivity index (χ0v) is 16.7. The van der Waals surface area contributed by atoms with Crippen LogP contribution in [0.2, 0.25) is 0 Å². The number of carbonyl (C=O) groups excluding carboxylic acids is 1. The van der Waals surface area contributed by atoms with Crippen LogP contribution in [0.15, 0.2) is 24.3 Å². The molecule has 3 atom stereocenters. The number of rotatable bonds is 5. The number of carbonyl (C=O) groups is 1. The first-order valence-corrected chi connectivity index (χ1v) is 9.62. The third-order valence-electron chi connectivity index (χ3n) is 5.68. The molecule has 1 N–H and O–H groups in total. The van der Waals surface area contributed by atoms with E-state index in [4.69, 9.17) is 0 Å². The average Bonchev–Trinajstić information content (AvgIpc) is 3.16. The monoisotopic (exact) mass is 435 g/mol. The van der Waals surface area contributed by atoms with E-state index in [0.29, 0.717) is 0 Å². The Morgan fingerprint density at radius 1 is 1.10 bits per heavy atom. The highest BCUT2D eigenvalue weighted by Crippen LogP contribution is 2.31. The van der Waals surface area contributed by atoms with Crippen molar-refractivity contribution in [3.63, 3.8) is 0 Å². The predicted octanol–water partition coefficient (Wildman–Crippen LogP) is 3.97. The number of hydrogen-bond donors (Lipinski definition) is 1. The van der Waals surface area contributed by atoms with Crippen molar-refractivity contribution in [2.45, 2.75) is 62.8 Å². The van der Waals surface area contributed by atoms with E-state index in [1.807, 2.05) is 0 Å². The SMILES string of the molecule is Cl.O=C(N[C@@H]1CCCC[C@H]1N1CCCC1)C(c1ccc(C(F)(F)F)cc1)[N+](=O)[O-]. The summed E-state index contributed by atoms with van der Waals surface area (Å²) < 4.78 is 38.2. The molecule has 1 amide bonds. The number of nitrogens with zero attached hydrogens (tertiary/aromatic N) is 2. The molecule has 1 saturated heterocycles. The fraction of sp³-hybridized carbons (Fsp3) is 0.632. The van der Waals surface area contributed by atoms with E-state index in [2.05, 4.69) is 10.2 Å². The van der Waals surface area contributed by atoms with Crippen LogP contribution in [0.4, 0.5) is 13.2 Å². The highest BCUT2D eigenvalue weighted by molar-refractivity contribution is 5.85. The third-order valence-corrected chi connectivity index (χ3v) is 5.68. The molecule has 1 unspecified atom stereocenters. The van der Waals surface area contributed by atoms with E-state index in [-0.39, 0.29) is 30.1 Å². The Labute approximate surface area is 173 Å². The molecule has 1 heterocycles. The smallest absolute Gasteiger partial charge is 0.346 e. The molecule has 2 aliphatic rings. The molecule has 1 saturated carbocycles. The van der Waals surface area contributed by atoms with Crippen molar-refractivity contribution in [2.24, 2.45) is 0 Å². The molecule has 0 spiro atoms. The van der Waals surface area contributed by atoms with Crippen LogP contribution in [-0.4, -0.2) is 40.9 Å². The highest BCUT2D eigenvalue weighted by atomic mass is 35.5. The Balaban J connectivity index is 0.00000300. The molecule has 0 aromatic heterocycles. The van der Waals surface area contributed by atoms with Crippen LogP contribution in [0.3, 0.4) is 0 Å². The van der Waals surface area contributed by atoms with Crippen LogP contribution in [-0.2, 0) is 11.0 Å². The highest BCUT2D eigenvalue weighted by Gasteiger charge is 2.38. The van der Waals surface area contributed by atoms with Crippen LogP contribution in [0.25, 0.3) is 0 Å². The second kappa shape index (κ2) is 9.75. The molecule has 0 radical (unpaired) electrons. The summed E-state index contributed by atoms with van der Waals surface area (Å²) in [4.78, 5) is 25.8. The number of alkyl halides is 3. The molecule has 3 rings (SSSR count). The van der Waals surface area contributed by atoms with Gasteiger partial charge >= 0.3 is 12.2 Å². The summed E-state index contributed by atoms with van der Waals surface area (Å²) >= 11 is 0. The van der Waals surface area contributed by atoms with Gasteiger partial charge in [-0.25, -0.2) is 0 Å². The minimum atomic E-state index is -4.53. The van der Waals surface area contributed by atoms with E-state index in [9.17, 15) is 28.1 Å². The first kappa shape index (κ1) is 23.4. The fourth-order valence-electron chi connectivity index (χ4n) is 4.27. The van der Waals surface area contributed by atoms with Crippen molar-refractivity contribution >= 4 is 18.3 Å². The molecule has 1 aromatic rings. The minimum Gasteiger partial charge on any atom is -0.346 e. The van der Waals surface area contributed by atoms with Crippen molar-refractivity contribution in [3.05, 3.63) is 45.5 Å². The topological polar surface area (TPSA) is 75.5 Å². The van der Waals surface area contributed by atoms with E-state index in [1.165, 1.54) is 0 Å². The summed E-state index contributed by atoms with van der Waals surface area (Å²) in [5, 5.41) is 14.3. The summed E-state index contributed by atoms with van der Waals surface area (Å²) in [5.74, 6) is -0.763. The lowest BCUT2D eigenvalue weighted by molar-refractivity contribution is -0.513. The van der Waals surface area contributed by atoms with E-state index in [0.717, 1.165) is 75.9 Å². The lowest BCUT2D eigenvalue weighted by Gasteiger charge is -2.38. The Kier molecular flexibility index (Phi) is 7.87. The van der Waals surface area contributed by atoms with Gasteiger partial charge in [-0.1, -0.05) is 25.0 Å². The lowest BCUT2D eigenvalue weighted by atomic mass is 9.89. The van der Waals surface area contributed by atoms with Crippen LogP contribution < -0.4 is 5.32 Å². The van der Waals surface area contributed by atoms with E-state index >= 15 is 0 Å². The number of likely N-dealkylation sites (tertiary alicyclic amines) is 1. The molecule has 1 aromatic carbocycles. The van der Waals surface area contributed by atoms with E-state index < -0.39 is 28.6 Å². The maximum Gasteiger partial charge on any atom is 0.416 e. The number of nitrogens with one attached hydrogen (secondary N) is 1. The molecule has 0 bridgehead atoms. The Hall–Kier alpha value is -1.87. The van der Waals surface area contributed by atoms with Crippen molar-refractivity contribution in [1.29, 1.82) is 0 Å². The molecular weight excluding hydrogens is 411 g/mol. The Bertz CT molecular complexity index is 709. The third kappa shape index (κ3) is 5.60. The number of amides is 1. The van der Waals surface area contributed by atoms with Crippen LogP contribution in [0.5, 0.6) is 0 Å². The molecule has 162 valence electrons. The predicted molar refractivity (Wildman–Crippen MR) is 103 cm³/mol. The number of hydrogen-bond acceptors (Lipinski definition) is 4. The first-order chi connectivity index (χ1) is 13.3. The quantitative estimate of drug-likeness (QED) is 0.561. The maximum absolute atomic E-state index is 12.7. The van der Waals surface area contributed by atoms with Crippen molar-refractivity contribution in [1.82, 2.24) is 10.2 Å². The van der Waals surface area contributed by atoms with Gasteiger partial charge in [0, 0.05) is 22.6 Å². The first-order valence-electron chi connectivity index (χ1n) is 9.62. The number of halogens is 4. The average molecular weight is 436 g/mol. The zero-order valence-electron chi connectivity index (χ0n) is 15.9. The summed E-state index contributed by atoms with van der Waals surface area (Å²) in [7, 11) is 0. The van der Waals surface area contributed by atoms with Gasteiger partial charge < -0.3 is 5.32 Å². The molecule has 2 fully saturated rings. The van der Waals surface area contributed by atoms with Crippen molar-refractivity contribution in [3.8, 4) is 0 Å². The van der Waals surface area contributed by atoms with Gasteiger partial charge in [0.25, 0.3) is 5.91 Å². The number of benzene rings is 1. The standard InChI is InChI=1S/C19H24F3N3O3.ClH/c20-19(21,22)14-9-7-13(8-10-14)17(25(27)28)18(26)23-15-5-1-2-6-16(15)24-11-3-4-12-24;/h7-10,15-17H,1-6,11-12H2,(H,23,26);1H/t15-,16-,17?;/m1./s1. The van der Waals surface area contributed by atoms with Crippen LogP contribution >= 0.6 is 12.4 Å². The van der Waals surface area contributed by atoms with Crippen molar-refractivity contribution < 1.29 is 22.9 Å². The summed E-state index contributed by atoms with van der Waals surface area (Å²) in [5.41, 5.74) is -0.954. The molecule has 1 aliphatic carbocycles. The zero-order chi connectivity index (χ0) is 20.3. The minimum absolute atomic E-state index is 0. The normalized spacial score (nSPS) is 23.8. The summed E-state index contributed by atoms with van der Waals surface area (Å²) in [6.45, 7) is 1.93. The lowest BCUT2D eigenvalue weighted by Crippen LogP contribution is -2.53. The largest absolute Gasteiger partial charge is 0.416 e. The Morgan fingerprint density at radius 2 is 1.69 bits per heavy atom. The van der Waals surface area contributed by atoms with Gasteiger partial charge in [-0.05, 0) is 50.9 Å². The fourth-order valence-corrected chi connectivity index (χ4v) is 4.27. The maximum atomic E-state index is 12.7. The molecular formula is C19H25ClF3N3O3. The van der Waals surface area contributed by atoms with Gasteiger partial charge in [0.15, 0.2) is 0 Å². The molecule has 6 nitrogen and oxygen atoms in total. The van der Waals surface area contributed by atoms with Crippen LogP contribution in [0, 0.1) is 10.1 Å². The van der Waals surface area contributed by atoms with Gasteiger partial charge in [0.05, 0.1) is 5.56 Å². The summed E-state index contributed by atoms with van der Waals surface area (Å²) in [6.07, 6.45) is 1.39. The van der Waals surface area contributed by atoms with Gasteiger partial charge in [0.1, 0.15) is 0 Å². The summed E-state index contributed by atoms with van der Waals surface area (Å²) in [6, 6.07) is 1.84. The van der Waals surface area contributed by atoms with Crippen molar-refractivity contribution in [2.75, 3.05) is 13.1 Å². The Morgan fingerprint density at radius 3 is 2.24 bits per heavy atom.